The van der Waals surface area contributed by atoms with Gasteiger partial charge in [-0.05, 0) is 24.1 Å². The number of thioether (sulfide) groups is 1. The van der Waals surface area contributed by atoms with Crippen molar-refractivity contribution in [3.8, 4) is 10.4 Å². The van der Waals surface area contributed by atoms with Gasteiger partial charge in [0.05, 0.1) is 17.3 Å². The highest BCUT2D eigenvalue weighted by Crippen LogP contribution is 2.32. The molecule has 29 heavy (non-hydrogen) atoms. The van der Waals surface area contributed by atoms with Crippen molar-refractivity contribution < 1.29 is 4.79 Å². The topological polar surface area (TPSA) is 78.0 Å². The van der Waals surface area contributed by atoms with Gasteiger partial charge in [0.15, 0.2) is 5.16 Å². The van der Waals surface area contributed by atoms with Gasteiger partial charge in [0.2, 0.25) is 5.91 Å². The van der Waals surface area contributed by atoms with Crippen LogP contribution in [0, 0.1) is 0 Å². The normalized spacial score (nSPS) is 12.2. The molecule has 2 aromatic carbocycles. The van der Waals surface area contributed by atoms with Crippen molar-refractivity contribution in [3.63, 3.8) is 0 Å². The zero-order valence-electron chi connectivity index (χ0n) is 15.7. The minimum Gasteiger partial charge on any atom is -0.369 e. The monoisotopic (exact) mass is 421 g/mol. The third-order valence-electron chi connectivity index (χ3n) is 4.52. The van der Waals surface area contributed by atoms with Crippen molar-refractivity contribution in [1.29, 1.82) is 0 Å². The Morgan fingerprint density at radius 3 is 2.45 bits per heavy atom. The number of primary amides is 1. The fourth-order valence-corrected chi connectivity index (χ4v) is 4.86. The molecule has 2 heterocycles. The molecule has 5 nitrogen and oxygen atoms in total. The van der Waals surface area contributed by atoms with Crippen molar-refractivity contribution in [2.75, 3.05) is 0 Å². The number of benzene rings is 2. The Morgan fingerprint density at radius 1 is 1.14 bits per heavy atom. The second-order valence-corrected chi connectivity index (χ2v) is 8.98. The minimum atomic E-state index is -0.492. The number of fused-ring (bicyclic) bond motifs is 1. The summed E-state index contributed by atoms with van der Waals surface area (Å²) in [4.78, 5) is 30.7. The molecule has 0 bridgehead atoms. The van der Waals surface area contributed by atoms with E-state index < -0.39 is 11.2 Å². The molecule has 0 aliphatic carbocycles. The summed E-state index contributed by atoms with van der Waals surface area (Å²) in [5.74, 6) is -0.439. The smallest absolute Gasteiger partial charge is 0.272 e. The van der Waals surface area contributed by atoms with Gasteiger partial charge in [-0.15, -0.1) is 11.3 Å². The summed E-state index contributed by atoms with van der Waals surface area (Å²) < 4.78 is 2.24. The molecule has 2 aromatic heterocycles. The maximum Gasteiger partial charge on any atom is 0.272 e. The number of aromatic nitrogens is 2. The van der Waals surface area contributed by atoms with Crippen molar-refractivity contribution >= 4 is 39.2 Å². The number of hydrogen-bond acceptors (Lipinski definition) is 5. The fourth-order valence-electron chi connectivity index (χ4n) is 2.95. The summed E-state index contributed by atoms with van der Waals surface area (Å²) in [5, 5.41) is 0.00340. The largest absolute Gasteiger partial charge is 0.369 e. The van der Waals surface area contributed by atoms with Gasteiger partial charge in [-0.2, -0.15) is 0 Å². The summed E-state index contributed by atoms with van der Waals surface area (Å²) in [5.41, 5.74) is 8.01. The van der Waals surface area contributed by atoms with Gasteiger partial charge in [-0.3, -0.25) is 14.2 Å². The number of carbonyl (C=O) groups is 1. The van der Waals surface area contributed by atoms with E-state index in [1.165, 1.54) is 23.1 Å². The predicted molar refractivity (Wildman–Crippen MR) is 119 cm³/mol. The Kier molecular flexibility index (Phi) is 5.51. The second-order valence-electron chi connectivity index (χ2n) is 6.62. The molecule has 0 aliphatic heterocycles. The molecule has 146 valence electrons. The molecule has 4 aromatic rings. The maximum atomic E-state index is 13.4. The van der Waals surface area contributed by atoms with Crippen LogP contribution >= 0.6 is 23.1 Å². The molecule has 0 spiro atoms. The van der Waals surface area contributed by atoms with Crippen molar-refractivity contribution in [2.45, 2.75) is 23.9 Å². The summed E-state index contributed by atoms with van der Waals surface area (Å²) >= 11 is 2.65. The van der Waals surface area contributed by atoms with Gasteiger partial charge in [0.25, 0.3) is 5.56 Å². The van der Waals surface area contributed by atoms with Gasteiger partial charge in [0, 0.05) is 4.88 Å². The van der Waals surface area contributed by atoms with E-state index in [-0.39, 0.29) is 5.56 Å². The predicted octanol–water partition coefficient (Wildman–Crippen LogP) is 4.14. The summed E-state index contributed by atoms with van der Waals surface area (Å²) in [6.45, 7) is 2.11. The Hall–Kier alpha value is -2.90. The average molecular weight is 422 g/mol. The van der Waals surface area contributed by atoms with Crippen molar-refractivity contribution in [1.82, 2.24) is 9.55 Å². The average Bonchev–Trinajstić information content (AvgIpc) is 3.16. The summed E-state index contributed by atoms with van der Waals surface area (Å²) in [7, 11) is 0. The van der Waals surface area contributed by atoms with Gasteiger partial charge >= 0.3 is 0 Å². The quantitative estimate of drug-likeness (QED) is 0.375. The SMILES string of the molecule is CC(Sc1nc2cc(-c3ccccc3)sc2c(=O)n1Cc1ccccc1)C(N)=O. The molecular formula is C22H19N3O2S2. The summed E-state index contributed by atoms with van der Waals surface area (Å²) in [6, 6.07) is 21.6. The summed E-state index contributed by atoms with van der Waals surface area (Å²) in [6.07, 6.45) is 0. The van der Waals surface area contributed by atoms with Crippen molar-refractivity contribution in [2.24, 2.45) is 5.73 Å². The molecule has 1 unspecified atom stereocenters. The lowest BCUT2D eigenvalue weighted by Crippen LogP contribution is -2.27. The molecular weight excluding hydrogens is 402 g/mol. The zero-order chi connectivity index (χ0) is 20.4. The molecule has 7 heteroatoms. The first-order valence-corrected chi connectivity index (χ1v) is 10.8. The minimum absolute atomic E-state index is 0.106. The van der Waals surface area contributed by atoms with Crippen LogP contribution in [-0.4, -0.2) is 20.7 Å². The first-order valence-electron chi connectivity index (χ1n) is 9.12. The van der Waals surface area contributed by atoms with Gasteiger partial charge in [0.1, 0.15) is 4.70 Å². The Balaban J connectivity index is 1.86. The first-order chi connectivity index (χ1) is 14.0. The van der Waals surface area contributed by atoms with E-state index in [0.717, 1.165) is 16.0 Å². The highest BCUT2D eigenvalue weighted by molar-refractivity contribution is 8.00. The maximum absolute atomic E-state index is 13.4. The third-order valence-corrected chi connectivity index (χ3v) is 6.79. The number of thiophene rings is 1. The first kappa shape index (κ1) is 19.4. The molecule has 1 atom stereocenters. The van der Waals surface area contributed by atoms with Crippen LogP contribution in [0.5, 0.6) is 0 Å². The molecule has 4 rings (SSSR count). The molecule has 1 amide bonds. The number of nitrogens with two attached hydrogens (primary N) is 1. The fraction of sp³-hybridized carbons (Fsp3) is 0.136. The number of rotatable bonds is 6. The van der Waals surface area contributed by atoms with E-state index in [9.17, 15) is 9.59 Å². The zero-order valence-corrected chi connectivity index (χ0v) is 17.4. The molecule has 0 saturated heterocycles. The molecule has 0 radical (unpaired) electrons. The second kappa shape index (κ2) is 8.23. The number of nitrogens with zero attached hydrogens (tertiary/aromatic N) is 2. The van der Waals surface area contributed by atoms with Crippen LogP contribution < -0.4 is 11.3 Å². The lowest BCUT2D eigenvalue weighted by atomic mass is 10.2. The van der Waals surface area contributed by atoms with E-state index in [2.05, 4.69) is 0 Å². The van der Waals surface area contributed by atoms with E-state index >= 15 is 0 Å². The lowest BCUT2D eigenvalue weighted by Gasteiger charge is -2.14. The third kappa shape index (κ3) is 4.11. The van der Waals surface area contributed by atoms with Crippen molar-refractivity contribution in [3.05, 3.63) is 82.6 Å². The van der Waals surface area contributed by atoms with E-state index in [0.29, 0.717) is 21.9 Å². The lowest BCUT2D eigenvalue weighted by molar-refractivity contribution is -0.117. The molecule has 0 fully saturated rings. The standard InChI is InChI=1S/C22H19N3O2S2/c1-14(20(23)26)28-22-24-17-12-18(16-10-6-3-7-11-16)29-19(17)21(27)25(22)13-15-8-4-2-5-9-15/h2-12,14H,13H2,1H3,(H2,23,26). The Morgan fingerprint density at radius 2 is 1.79 bits per heavy atom. The van der Waals surface area contributed by atoms with Crippen LogP contribution in [-0.2, 0) is 11.3 Å². The van der Waals surface area contributed by atoms with Crippen LogP contribution in [0.25, 0.3) is 20.7 Å². The number of amides is 1. The Labute approximate surface area is 176 Å². The van der Waals surface area contributed by atoms with Crippen LogP contribution in [0.15, 0.2) is 76.7 Å². The van der Waals surface area contributed by atoms with Gasteiger partial charge < -0.3 is 5.73 Å². The molecule has 2 N–H and O–H groups in total. The van der Waals surface area contributed by atoms with E-state index in [4.69, 9.17) is 10.7 Å². The number of hydrogen-bond donors (Lipinski definition) is 1. The Bertz CT molecular complexity index is 1220. The number of carbonyl (C=O) groups excluding carboxylic acids is 1. The van der Waals surface area contributed by atoms with Crippen LogP contribution in [0.3, 0.4) is 0 Å². The van der Waals surface area contributed by atoms with E-state index in [1.807, 2.05) is 66.7 Å². The van der Waals surface area contributed by atoms with Crippen LogP contribution in [0.4, 0.5) is 0 Å². The van der Waals surface area contributed by atoms with Crippen LogP contribution in [0.2, 0.25) is 0 Å². The highest BCUT2D eigenvalue weighted by atomic mass is 32.2. The molecule has 0 saturated carbocycles. The molecule has 0 aliphatic rings. The van der Waals surface area contributed by atoms with E-state index in [1.54, 1.807) is 11.5 Å². The van der Waals surface area contributed by atoms with Gasteiger partial charge in [-0.25, -0.2) is 4.98 Å². The van der Waals surface area contributed by atoms with Crippen LogP contribution in [0.1, 0.15) is 12.5 Å². The van der Waals surface area contributed by atoms with Gasteiger partial charge in [-0.1, -0.05) is 72.4 Å². The highest BCUT2D eigenvalue weighted by Gasteiger charge is 2.19.